The van der Waals surface area contributed by atoms with Gasteiger partial charge in [-0.2, -0.15) is 4.72 Å². The maximum absolute atomic E-state index is 13.4. The quantitative estimate of drug-likeness (QED) is 0.349. The molecule has 0 heterocycles. The molecular weight excluding hydrogens is 527 g/mol. The highest BCUT2D eigenvalue weighted by Gasteiger charge is 2.28. The Bertz CT molecular complexity index is 1320. The molecule has 0 aliphatic carbocycles. The number of hydrogen-bond donors (Lipinski definition) is 2. The number of nitrogens with one attached hydrogen (secondary N) is 2. The largest absolute Gasteiger partial charge is 0.495 e. The molecule has 192 valence electrons. The van der Waals surface area contributed by atoms with Crippen LogP contribution in [0.4, 0.5) is 5.69 Å². The van der Waals surface area contributed by atoms with Crippen molar-refractivity contribution in [1.29, 1.82) is 0 Å². The van der Waals surface area contributed by atoms with E-state index in [-0.39, 0.29) is 27.8 Å². The fraction of sp³-hybridized carbons (Fsp3) is 0.240. The minimum atomic E-state index is -4.13. The van der Waals surface area contributed by atoms with Crippen LogP contribution in [0.1, 0.15) is 12.5 Å². The lowest BCUT2D eigenvalue weighted by Gasteiger charge is -2.20. The van der Waals surface area contributed by atoms with Crippen molar-refractivity contribution in [2.24, 2.45) is 0 Å². The summed E-state index contributed by atoms with van der Waals surface area (Å²) in [6, 6.07) is 15.0. The van der Waals surface area contributed by atoms with Crippen molar-refractivity contribution in [3.05, 3.63) is 76.3 Å². The maximum Gasteiger partial charge on any atom is 0.243 e. The summed E-state index contributed by atoms with van der Waals surface area (Å²) in [6.07, 6.45) is 0.0870. The van der Waals surface area contributed by atoms with E-state index < -0.39 is 22.0 Å². The van der Waals surface area contributed by atoms with Crippen LogP contribution < -0.4 is 24.2 Å². The molecular formula is C25H26Cl2N2O6S. The molecule has 0 saturated heterocycles. The number of sulfonamides is 1. The van der Waals surface area contributed by atoms with Crippen LogP contribution in [-0.2, 0) is 21.2 Å². The van der Waals surface area contributed by atoms with Crippen LogP contribution in [0, 0.1) is 0 Å². The summed E-state index contributed by atoms with van der Waals surface area (Å²) >= 11 is 12.3. The van der Waals surface area contributed by atoms with Gasteiger partial charge in [0.25, 0.3) is 0 Å². The number of anilines is 1. The van der Waals surface area contributed by atoms with E-state index in [1.54, 1.807) is 31.2 Å². The molecule has 8 nitrogen and oxygen atoms in total. The lowest BCUT2D eigenvalue weighted by Crippen LogP contribution is -2.45. The fourth-order valence-electron chi connectivity index (χ4n) is 3.39. The summed E-state index contributed by atoms with van der Waals surface area (Å²) in [6.45, 7) is 2.17. The number of halogens is 2. The highest BCUT2D eigenvalue weighted by molar-refractivity contribution is 7.89. The summed E-state index contributed by atoms with van der Waals surface area (Å²) in [5.41, 5.74) is 1.02. The van der Waals surface area contributed by atoms with Gasteiger partial charge in [-0.3, -0.25) is 4.79 Å². The van der Waals surface area contributed by atoms with Crippen molar-refractivity contribution in [2.75, 3.05) is 26.1 Å². The fourth-order valence-corrected chi connectivity index (χ4v) is 5.14. The number of amides is 1. The zero-order valence-electron chi connectivity index (χ0n) is 19.9. The SMILES string of the molecule is CCOc1ccc(S(=O)(=O)N[C@H](Cc2ccccc2)C(=O)Nc2cc(OC)c(Cl)cc2OC)cc1Cl. The molecule has 0 fully saturated rings. The van der Waals surface area contributed by atoms with E-state index in [1.807, 2.05) is 6.07 Å². The Morgan fingerprint density at radius 1 is 0.917 bits per heavy atom. The van der Waals surface area contributed by atoms with E-state index >= 15 is 0 Å². The third-order valence-corrected chi connectivity index (χ3v) is 7.20. The molecule has 11 heteroatoms. The third-order valence-electron chi connectivity index (χ3n) is 5.14. The first-order chi connectivity index (χ1) is 17.2. The molecule has 0 aliphatic heterocycles. The van der Waals surface area contributed by atoms with E-state index in [0.29, 0.717) is 23.1 Å². The molecule has 3 aromatic carbocycles. The number of benzene rings is 3. The Balaban J connectivity index is 1.93. The first-order valence-corrected chi connectivity index (χ1v) is 13.1. The van der Waals surface area contributed by atoms with E-state index in [1.165, 1.54) is 44.6 Å². The number of rotatable bonds is 11. The van der Waals surface area contributed by atoms with Crippen molar-refractivity contribution in [1.82, 2.24) is 4.72 Å². The molecule has 0 unspecified atom stereocenters. The minimum absolute atomic E-state index is 0.0870. The molecule has 0 saturated carbocycles. The van der Waals surface area contributed by atoms with E-state index in [2.05, 4.69) is 10.0 Å². The Labute approximate surface area is 220 Å². The van der Waals surface area contributed by atoms with Crippen molar-refractivity contribution in [2.45, 2.75) is 24.3 Å². The number of carbonyl (C=O) groups is 1. The maximum atomic E-state index is 13.4. The second-order valence-electron chi connectivity index (χ2n) is 7.57. The molecule has 0 bridgehead atoms. The van der Waals surface area contributed by atoms with Gasteiger partial charge in [0, 0.05) is 12.1 Å². The van der Waals surface area contributed by atoms with Crippen LogP contribution in [0.25, 0.3) is 0 Å². The minimum Gasteiger partial charge on any atom is -0.495 e. The normalized spacial score (nSPS) is 12.0. The molecule has 0 aromatic heterocycles. The summed E-state index contributed by atoms with van der Waals surface area (Å²) < 4.78 is 44.9. The van der Waals surface area contributed by atoms with Gasteiger partial charge >= 0.3 is 0 Å². The van der Waals surface area contributed by atoms with Crippen molar-refractivity contribution < 1.29 is 27.4 Å². The smallest absolute Gasteiger partial charge is 0.243 e. The molecule has 36 heavy (non-hydrogen) atoms. The molecule has 3 aromatic rings. The average Bonchev–Trinajstić information content (AvgIpc) is 2.86. The van der Waals surface area contributed by atoms with Crippen molar-refractivity contribution in [3.8, 4) is 17.2 Å². The highest BCUT2D eigenvalue weighted by atomic mass is 35.5. The van der Waals surface area contributed by atoms with Crippen LogP contribution in [0.3, 0.4) is 0 Å². The van der Waals surface area contributed by atoms with Crippen LogP contribution in [0.15, 0.2) is 65.6 Å². The molecule has 2 N–H and O–H groups in total. The summed E-state index contributed by atoms with van der Waals surface area (Å²) in [7, 11) is -1.27. The molecule has 1 amide bonds. The Hall–Kier alpha value is -2.98. The van der Waals surface area contributed by atoms with Crippen LogP contribution in [-0.4, -0.2) is 41.2 Å². The van der Waals surface area contributed by atoms with Gasteiger partial charge in [0.1, 0.15) is 23.3 Å². The van der Waals surface area contributed by atoms with Crippen LogP contribution >= 0.6 is 23.2 Å². The number of ether oxygens (including phenoxy) is 3. The van der Waals surface area contributed by atoms with Gasteiger partial charge in [0.15, 0.2) is 0 Å². The van der Waals surface area contributed by atoms with Crippen LogP contribution in [0.5, 0.6) is 17.2 Å². The number of carbonyl (C=O) groups excluding carboxylic acids is 1. The Morgan fingerprint density at radius 3 is 2.19 bits per heavy atom. The van der Waals surface area contributed by atoms with Gasteiger partial charge in [-0.25, -0.2) is 8.42 Å². The monoisotopic (exact) mass is 552 g/mol. The topological polar surface area (TPSA) is 103 Å². The molecule has 0 radical (unpaired) electrons. The molecule has 3 rings (SSSR count). The number of methoxy groups -OCH3 is 2. The molecule has 0 aliphatic rings. The van der Waals surface area contributed by atoms with Crippen molar-refractivity contribution in [3.63, 3.8) is 0 Å². The molecule has 0 spiro atoms. The Morgan fingerprint density at radius 2 is 1.58 bits per heavy atom. The van der Waals surface area contributed by atoms with Gasteiger partial charge in [0.2, 0.25) is 15.9 Å². The first-order valence-electron chi connectivity index (χ1n) is 10.9. The molecule has 1 atom stereocenters. The van der Waals surface area contributed by atoms with Gasteiger partial charge < -0.3 is 19.5 Å². The lowest BCUT2D eigenvalue weighted by molar-refractivity contribution is -0.117. The van der Waals surface area contributed by atoms with E-state index in [0.717, 1.165) is 5.56 Å². The van der Waals surface area contributed by atoms with Gasteiger partial charge in [-0.05, 0) is 37.1 Å². The lowest BCUT2D eigenvalue weighted by atomic mass is 10.1. The summed E-state index contributed by atoms with van der Waals surface area (Å²) in [5, 5.41) is 3.15. The predicted octanol–water partition coefficient (Wildman–Crippen LogP) is 4.94. The Kier molecular flexibility index (Phi) is 9.44. The second-order valence-corrected chi connectivity index (χ2v) is 10.1. The number of hydrogen-bond acceptors (Lipinski definition) is 6. The average molecular weight is 553 g/mol. The van der Waals surface area contributed by atoms with Gasteiger partial charge in [-0.15, -0.1) is 0 Å². The first kappa shape index (κ1) is 27.6. The van der Waals surface area contributed by atoms with Crippen molar-refractivity contribution >= 4 is 44.8 Å². The second kappa shape index (κ2) is 12.3. The zero-order chi connectivity index (χ0) is 26.3. The van der Waals surface area contributed by atoms with E-state index in [9.17, 15) is 13.2 Å². The van der Waals surface area contributed by atoms with Gasteiger partial charge in [0.05, 0.1) is 41.5 Å². The predicted molar refractivity (Wildman–Crippen MR) is 140 cm³/mol. The standard InChI is InChI=1S/C25H26Cl2N2O6S/c1-4-35-22-11-10-17(13-18(22)26)36(31,32)29-21(12-16-8-6-5-7-9-16)25(30)28-20-15-23(33-2)19(27)14-24(20)34-3/h5-11,13-15,21,29H,4,12H2,1-3H3,(H,28,30)/t21-/m1/s1. The summed E-state index contributed by atoms with van der Waals surface area (Å²) in [4.78, 5) is 13.3. The third kappa shape index (κ3) is 6.82. The summed E-state index contributed by atoms with van der Waals surface area (Å²) in [5.74, 6) is 0.355. The van der Waals surface area contributed by atoms with E-state index in [4.69, 9.17) is 37.4 Å². The van der Waals surface area contributed by atoms with Gasteiger partial charge in [-0.1, -0.05) is 53.5 Å². The van der Waals surface area contributed by atoms with Crippen LogP contribution in [0.2, 0.25) is 10.0 Å². The highest BCUT2D eigenvalue weighted by Crippen LogP contribution is 2.36. The zero-order valence-corrected chi connectivity index (χ0v) is 22.2.